The summed E-state index contributed by atoms with van der Waals surface area (Å²) in [5, 5.41) is 21.3. The second-order valence-corrected chi connectivity index (χ2v) is 6.09. The van der Waals surface area contributed by atoms with E-state index in [-0.39, 0.29) is 28.9 Å². The summed E-state index contributed by atoms with van der Waals surface area (Å²) in [5.74, 6) is 0.166. The highest BCUT2D eigenvalue weighted by Crippen LogP contribution is 2.30. The van der Waals surface area contributed by atoms with Crippen LogP contribution in [0.4, 0.5) is 11.4 Å². The largest absolute Gasteiger partial charge is 0.467 e. The molecule has 3 N–H and O–H groups in total. The lowest BCUT2D eigenvalue weighted by Crippen LogP contribution is -2.36. The topological polar surface area (TPSA) is 123 Å². The van der Waals surface area contributed by atoms with Gasteiger partial charge in [-0.05, 0) is 37.1 Å². The van der Waals surface area contributed by atoms with Crippen LogP contribution < -0.4 is 5.73 Å². The molecule has 0 spiro atoms. The number of hydrogen-bond acceptors (Lipinski definition) is 6. The molecule has 1 amide bonds. The maximum absolute atomic E-state index is 12.8. The Kier molecular flexibility index (Phi) is 4.71. The fourth-order valence-electron chi connectivity index (χ4n) is 3.20. The Labute approximate surface area is 144 Å². The number of furan rings is 1. The maximum Gasteiger partial charge on any atom is 0.292 e. The molecule has 0 bridgehead atoms. The Balaban J connectivity index is 1.77. The summed E-state index contributed by atoms with van der Waals surface area (Å²) in [7, 11) is 0. The van der Waals surface area contributed by atoms with E-state index in [0.29, 0.717) is 18.7 Å². The first-order valence-electron chi connectivity index (χ1n) is 8.03. The molecule has 1 aromatic heterocycles. The fourth-order valence-corrected chi connectivity index (χ4v) is 3.20. The van der Waals surface area contributed by atoms with Crippen molar-refractivity contribution in [3.8, 4) is 0 Å². The van der Waals surface area contributed by atoms with Crippen LogP contribution in [0.3, 0.4) is 0 Å². The Morgan fingerprint density at radius 2 is 2.28 bits per heavy atom. The molecule has 2 aromatic rings. The first kappa shape index (κ1) is 17.0. The van der Waals surface area contributed by atoms with E-state index in [0.717, 1.165) is 12.8 Å². The maximum atomic E-state index is 12.8. The summed E-state index contributed by atoms with van der Waals surface area (Å²) < 4.78 is 5.20. The molecule has 1 saturated heterocycles. The van der Waals surface area contributed by atoms with E-state index in [2.05, 4.69) is 0 Å². The summed E-state index contributed by atoms with van der Waals surface area (Å²) >= 11 is 0. The zero-order chi connectivity index (χ0) is 18.0. The summed E-state index contributed by atoms with van der Waals surface area (Å²) in [6.45, 7) is 0.548. The third kappa shape index (κ3) is 3.48. The quantitative estimate of drug-likeness (QED) is 0.487. The molecule has 1 aliphatic rings. The first-order chi connectivity index (χ1) is 12.0. The van der Waals surface area contributed by atoms with Crippen molar-refractivity contribution in [1.82, 2.24) is 4.90 Å². The Morgan fingerprint density at radius 1 is 1.48 bits per heavy atom. The number of aliphatic hydroxyl groups is 1. The van der Waals surface area contributed by atoms with Gasteiger partial charge in [0.05, 0.1) is 11.2 Å². The molecule has 2 unspecified atom stereocenters. The van der Waals surface area contributed by atoms with E-state index in [1.807, 2.05) is 0 Å². The van der Waals surface area contributed by atoms with Gasteiger partial charge < -0.3 is 20.2 Å². The Morgan fingerprint density at radius 3 is 2.96 bits per heavy atom. The molecule has 1 fully saturated rings. The highest BCUT2D eigenvalue weighted by Gasteiger charge is 2.32. The molecular formula is C17H19N3O5. The van der Waals surface area contributed by atoms with Gasteiger partial charge in [-0.3, -0.25) is 14.9 Å². The number of nitro benzene ring substituents is 1. The number of aliphatic hydroxyl groups excluding tert-OH is 1. The van der Waals surface area contributed by atoms with Gasteiger partial charge in [-0.1, -0.05) is 0 Å². The summed E-state index contributed by atoms with van der Waals surface area (Å²) in [6.07, 6.45) is 2.63. The van der Waals surface area contributed by atoms with Crippen molar-refractivity contribution in [2.24, 2.45) is 0 Å². The molecule has 0 radical (unpaired) electrons. The number of rotatable bonds is 5. The van der Waals surface area contributed by atoms with Crippen molar-refractivity contribution in [1.29, 1.82) is 0 Å². The number of anilines is 1. The van der Waals surface area contributed by atoms with Gasteiger partial charge in [-0.2, -0.15) is 0 Å². The van der Waals surface area contributed by atoms with Crippen molar-refractivity contribution in [3.05, 3.63) is 58.0 Å². The normalized spacial score (nSPS) is 18.3. The second kappa shape index (κ2) is 6.94. The van der Waals surface area contributed by atoms with E-state index >= 15 is 0 Å². The highest BCUT2D eigenvalue weighted by molar-refractivity contribution is 5.96. The highest BCUT2D eigenvalue weighted by atomic mass is 16.6. The predicted molar refractivity (Wildman–Crippen MR) is 89.9 cm³/mol. The van der Waals surface area contributed by atoms with Crippen LogP contribution in [0.2, 0.25) is 0 Å². The smallest absolute Gasteiger partial charge is 0.292 e. The van der Waals surface area contributed by atoms with E-state index in [9.17, 15) is 20.0 Å². The molecule has 1 aromatic carbocycles. The van der Waals surface area contributed by atoms with Crippen molar-refractivity contribution in [3.63, 3.8) is 0 Å². The molecule has 2 atom stereocenters. The molecule has 132 valence electrons. The van der Waals surface area contributed by atoms with Crippen LogP contribution in [0.25, 0.3) is 0 Å². The van der Waals surface area contributed by atoms with E-state index in [1.54, 1.807) is 17.0 Å². The van der Waals surface area contributed by atoms with Gasteiger partial charge in [0, 0.05) is 30.6 Å². The third-order valence-electron chi connectivity index (χ3n) is 4.48. The number of carbonyl (C=O) groups is 1. The second-order valence-electron chi connectivity index (χ2n) is 6.09. The summed E-state index contributed by atoms with van der Waals surface area (Å²) in [6, 6.07) is 7.30. The molecule has 25 heavy (non-hydrogen) atoms. The SMILES string of the molecule is Nc1ccc(C(=O)N2CCCC2CC(O)c2ccco2)cc1[N+](=O)[O-]. The van der Waals surface area contributed by atoms with Crippen LogP contribution in [0.1, 0.15) is 41.5 Å². The van der Waals surface area contributed by atoms with Gasteiger partial charge in [-0.25, -0.2) is 0 Å². The van der Waals surface area contributed by atoms with E-state index in [4.69, 9.17) is 10.2 Å². The molecule has 0 saturated carbocycles. The molecule has 2 heterocycles. The van der Waals surface area contributed by atoms with Crippen LogP contribution in [0.5, 0.6) is 0 Å². The molecule has 8 nitrogen and oxygen atoms in total. The number of benzene rings is 1. The van der Waals surface area contributed by atoms with Crippen molar-refractivity contribution in [2.75, 3.05) is 12.3 Å². The number of nitrogens with zero attached hydrogens (tertiary/aromatic N) is 2. The summed E-state index contributed by atoms with van der Waals surface area (Å²) in [5.41, 5.74) is 5.54. The lowest BCUT2D eigenvalue weighted by molar-refractivity contribution is -0.383. The van der Waals surface area contributed by atoms with Crippen LogP contribution in [-0.2, 0) is 0 Å². The zero-order valence-corrected chi connectivity index (χ0v) is 13.5. The first-order valence-corrected chi connectivity index (χ1v) is 8.03. The number of nitro groups is 1. The fraction of sp³-hybridized carbons (Fsp3) is 0.353. The lowest BCUT2D eigenvalue weighted by Gasteiger charge is -2.26. The predicted octanol–water partition coefficient (Wildman–Crippen LogP) is 2.50. The number of nitrogens with two attached hydrogens (primary N) is 1. The van der Waals surface area contributed by atoms with Gasteiger partial charge >= 0.3 is 0 Å². The standard InChI is InChI=1S/C17H19N3O5/c18-13-6-5-11(9-14(13)20(23)24)17(22)19-7-1-3-12(19)10-15(21)16-4-2-8-25-16/h2,4-6,8-9,12,15,21H,1,3,7,10,18H2. The average Bonchev–Trinajstić information content (AvgIpc) is 3.26. The summed E-state index contributed by atoms with van der Waals surface area (Å²) in [4.78, 5) is 24.8. The average molecular weight is 345 g/mol. The van der Waals surface area contributed by atoms with Gasteiger partial charge in [0.1, 0.15) is 17.6 Å². The minimum atomic E-state index is -0.797. The number of hydrogen-bond donors (Lipinski definition) is 2. The molecule has 8 heteroatoms. The molecule has 1 aliphatic heterocycles. The van der Waals surface area contributed by atoms with Crippen LogP contribution >= 0.6 is 0 Å². The van der Waals surface area contributed by atoms with E-state index in [1.165, 1.54) is 24.5 Å². The monoisotopic (exact) mass is 345 g/mol. The third-order valence-corrected chi connectivity index (χ3v) is 4.48. The van der Waals surface area contributed by atoms with Crippen LogP contribution in [-0.4, -0.2) is 33.4 Å². The number of nitrogen functional groups attached to an aromatic ring is 1. The van der Waals surface area contributed by atoms with Crippen molar-refractivity contribution >= 4 is 17.3 Å². The molecule has 3 rings (SSSR count). The van der Waals surface area contributed by atoms with Gasteiger partial charge in [0.2, 0.25) is 0 Å². The van der Waals surface area contributed by atoms with E-state index < -0.39 is 11.0 Å². The van der Waals surface area contributed by atoms with Crippen molar-refractivity contribution < 1.29 is 19.2 Å². The molecule has 0 aliphatic carbocycles. The van der Waals surface area contributed by atoms with Gasteiger partial charge in [-0.15, -0.1) is 0 Å². The number of carbonyl (C=O) groups excluding carboxylic acids is 1. The minimum Gasteiger partial charge on any atom is -0.467 e. The Hall–Kier alpha value is -2.87. The number of likely N-dealkylation sites (tertiary alicyclic amines) is 1. The number of amides is 1. The van der Waals surface area contributed by atoms with Crippen LogP contribution in [0, 0.1) is 10.1 Å². The zero-order valence-electron chi connectivity index (χ0n) is 13.5. The van der Waals surface area contributed by atoms with Gasteiger partial charge in [0.25, 0.3) is 11.6 Å². The van der Waals surface area contributed by atoms with Gasteiger partial charge in [0.15, 0.2) is 0 Å². The Bertz CT molecular complexity index is 775. The molecular weight excluding hydrogens is 326 g/mol. The minimum absolute atomic E-state index is 0.0211. The van der Waals surface area contributed by atoms with Crippen molar-refractivity contribution in [2.45, 2.75) is 31.4 Å². The van der Waals surface area contributed by atoms with Crippen LogP contribution in [0.15, 0.2) is 41.0 Å². The lowest BCUT2D eigenvalue weighted by atomic mass is 10.0.